The Morgan fingerprint density at radius 2 is 2.06 bits per heavy atom. The van der Waals surface area contributed by atoms with Crippen LogP contribution in [0.25, 0.3) is 10.9 Å². The Labute approximate surface area is 108 Å². The van der Waals surface area contributed by atoms with E-state index in [0.29, 0.717) is 5.92 Å². The smallest absolute Gasteiger partial charge is 0.159 e. The molecule has 1 aromatic heterocycles. The Hall–Kier alpha value is -2.01. The van der Waals surface area contributed by atoms with Crippen molar-refractivity contribution in [2.75, 3.05) is 0 Å². The first-order valence-electron chi connectivity index (χ1n) is 6.17. The predicted molar refractivity (Wildman–Crippen MR) is 74.4 cm³/mol. The lowest BCUT2D eigenvalue weighted by atomic mass is 10.1. The van der Waals surface area contributed by atoms with Crippen LogP contribution in [0.1, 0.15) is 20.3 Å². The highest BCUT2D eigenvalue weighted by molar-refractivity contribution is 5.84. The molecule has 0 saturated carbocycles. The largest absolute Gasteiger partial charge is 0.475 e. The van der Waals surface area contributed by atoms with Crippen molar-refractivity contribution in [2.24, 2.45) is 5.92 Å². The maximum Gasteiger partial charge on any atom is 0.159 e. The summed E-state index contributed by atoms with van der Waals surface area (Å²) in [6.07, 6.45) is 7.93. The number of fused-ring (bicyclic) bond motifs is 1. The number of hydrogen-bond acceptors (Lipinski definition) is 2. The molecule has 92 valence electrons. The molecule has 0 fully saturated rings. The van der Waals surface area contributed by atoms with Crippen LogP contribution in [0.3, 0.4) is 0 Å². The van der Waals surface area contributed by atoms with Crippen LogP contribution in [-0.2, 0) is 0 Å². The highest BCUT2D eigenvalue weighted by Gasteiger charge is 2.11. The number of para-hydroxylation sites is 1. The van der Waals surface area contributed by atoms with E-state index in [1.807, 2.05) is 30.3 Å². The van der Waals surface area contributed by atoms with Crippen molar-refractivity contribution >= 4 is 10.9 Å². The van der Waals surface area contributed by atoms with E-state index in [2.05, 4.69) is 24.8 Å². The van der Waals surface area contributed by atoms with Crippen molar-refractivity contribution < 1.29 is 4.74 Å². The molecule has 0 bridgehead atoms. The average Bonchev–Trinajstić information content (AvgIpc) is 2.38. The Balaban J connectivity index is 2.29. The summed E-state index contributed by atoms with van der Waals surface area (Å²) >= 11 is 0. The molecule has 2 heteroatoms. The summed E-state index contributed by atoms with van der Waals surface area (Å²) in [6, 6.07) is 9.83. The Bertz CT molecular complexity index is 563. The molecule has 2 aromatic rings. The molecule has 0 aliphatic rings. The van der Waals surface area contributed by atoms with E-state index in [4.69, 9.17) is 11.2 Å². The lowest BCUT2D eigenvalue weighted by Crippen LogP contribution is -2.16. The van der Waals surface area contributed by atoms with Gasteiger partial charge in [-0.25, -0.2) is 0 Å². The molecule has 0 radical (unpaired) electrons. The zero-order chi connectivity index (χ0) is 13.0. The predicted octanol–water partition coefficient (Wildman–Crippen LogP) is 3.66. The summed E-state index contributed by atoms with van der Waals surface area (Å²) in [5.74, 6) is 3.97. The van der Waals surface area contributed by atoms with Gasteiger partial charge in [-0.15, -0.1) is 6.42 Å². The number of pyridine rings is 1. The van der Waals surface area contributed by atoms with Crippen molar-refractivity contribution in [1.29, 1.82) is 0 Å². The van der Waals surface area contributed by atoms with Crippen LogP contribution in [0.5, 0.6) is 5.75 Å². The molecular formula is C16H17NO. The molecule has 0 N–H and O–H groups in total. The monoisotopic (exact) mass is 239 g/mol. The van der Waals surface area contributed by atoms with Gasteiger partial charge >= 0.3 is 0 Å². The maximum absolute atomic E-state index is 5.89. The van der Waals surface area contributed by atoms with E-state index in [-0.39, 0.29) is 6.10 Å². The molecule has 0 aliphatic carbocycles. The molecule has 1 atom stereocenters. The van der Waals surface area contributed by atoms with Gasteiger partial charge in [-0.05, 0) is 24.5 Å². The first-order chi connectivity index (χ1) is 8.70. The number of hydrogen-bond donors (Lipinski definition) is 0. The molecule has 1 aromatic carbocycles. The highest BCUT2D eigenvalue weighted by atomic mass is 16.5. The Morgan fingerprint density at radius 3 is 2.78 bits per heavy atom. The van der Waals surface area contributed by atoms with E-state index < -0.39 is 0 Å². The third kappa shape index (κ3) is 2.81. The summed E-state index contributed by atoms with van der Waals surface area (Å²) in [6.45, 7) is 4.27. The molecule has 2 nitrogen and oxygen atoms in total. The van der Waals surface area contributed by atoms with E-state index >= 15 is 0 Å². The van der Waals surface area contributed by atoms with Gasteiger partial charge in [-0.3, -0.25) is 4.98 Å². The van der Waals surface area contributed by atoms with Crippen LogP contribution < -0.4 is 4.74 Å². The van der Waals surface area contributed by atoms with Crippen molar-refractivity contribution in [2.45, 2.75) is 26.4 Å². The van der Waals surface area contributed by atoms with Gasteiger partial charge in [0, 0.05) is 11.6 Å². The normalized spacial score (nSPS) is 12.3. The van der Waals surface area contributed by atoms with Crippen molar-refractivity contribution in [3.63, 3.8) is 0 Å². The van der Waals surface area contributed by atoms with Gasteiger partial charge in [0.1, 0.15) is 11.3 Å². The second-order valence-electron chi connectivity index (χ2n) is 4.73. The summed E-state index contributed by atoms with van der Waals surface area (Å²) in [7, 11) is 0. The van der Waals surface area contributed by atoms with E-state index in [1.54, 1.807) is 6.20 Å². The SMILES string of the molecule is C#CC(CC(C)C)Oc1cccc2cccnc12. The molecule has 1 unspecified atom stereocenters. The minimum atomic E-state index is -0.197. The van der Waals surface area contributed by atoms with Gasteiger partial charge in [0.05, 0.1) is 0 Å². The molecule has 18 heavy (non-hydrogen) atoms. The summed E-state index contributed by atoms with van der Waals surface area (Å²) in [4.78, 5) is 4.35. The number of ether oxygens (including phenoxy) is 1. The molecule has 0 aliphatic heterocycles. The van der Waals surface area contributed by atoms with Crippen LogP contribution in [0.15, 0.2) is 36.5 Å². The van der Waals surface area contributed by atoms with E-state index in [9.17, 15) is 0 Å². The Morgan fingerprint density at radius 1 is 1.28 bits per heavy atom. The number of terminal acetylenes is 1. The fraction of sp³-hybridized carbons (Fsp3) is 0.312. The Kier molecular flexibility index (Phi) is 3.84. The molecule has 0 spiro atoms. The van der Waals surface area contributed by atoms with Crippen LogP contribution in [-0.4, -0.2) is 11.1 Å². The minimum absolute atomic E-state index is 0.197. The first-order valence-corrected chi connectivity index (χ1v) is 6.17. The number of benzene rings is 1. The third-order valence-corrected chi connectivity index (χ3v) is 2.74. The first kappa shape index (κ1) is 12.4. The highest BCUT2D eigenvalue weighted by Crippen LogP contribution is 2.25. The standard InChI is InChI=1S/C16H17NO/c1-4-14(11-12(2)3)18-15-9-5-7-13-8-6-10-17-16(13)15/h1,5-10,12,14H,11H2,2-3H3. The van der Waals surface area contributed by atoms with Crippen LogP contribution in [0.4, 0.5) is 0 Å². The topological polar surface area (TPSA) is 22.1 Å². The van der Waals surface area contributed by atoms with Crippen molar-refractivity contribution in [1.82, 2.24) is 4.98 Å². The summed E-state index contributed by atoms with van der Waals surface area (Å²) in [5, 5.41) is 1.07. The zero-order valence-corrected chi connectivity index (χ0v) is 10.8. The molecule has 0 amide bonds. The summed E-state index contributed by atoms with van der Waals surface area (Å²) < 4.78 is 5.89. The quantitative estimate of drug-likeness (QED) is 0.760. The fourth-order valence-corrected chi connectivity index (χ4v) is 1.90. The van der Waals surface area contributed by atoms with Crippen LogP contribution >= 0.6 is 0 Å². The van der Waals surface area contributed by atoms with Crippen LogP contribution in [0, 0.1) is 18.3 Å². The molecule has 2 rings (SSSR count). The number of aromatic nitrogens is 1. The molecule has 0 saturated heterocycles. The second kappa shape index (κ2) is 5.55. The maximum atomic E-state index is 5.89. The van der Waals surface area contributed by atoms with Gasteiger partial charge in [0.15, 0.2) is 6.10 Å². The molecular weight excluding hydrogens is 222 g/mol. The minimum Gasteiger partial charge on any atom is -0.475 e. The lowest BCUT2D eigenvalue weighted by Gasteiger charge is -2.16. The van der Waals surface area contributed by atoms with Gasteiger partial charge in [0.25, 0.3) is 0 Å². The van der Waals surface area contributed by atoms with Crippen LogP contribution in [0.2, 0.25) is 0 Å². The van der Waals surface area contributed by atoms with Gasteiger partial charge < -0.3 is 4.74 Å². The van der Waals surface area contributed by atoms with Gasteiger partial charge in [0.2, 0.25) is 0 Å². The second-order valence-corrected chi connectivity index (χ2v) is 4.73. The lowest BCUT2D eigenvalue weighted by molar-refractivity contribution is 0.231. The van der Waals surface area contributed by atoms with Crippen molar-refractivity contribution in [3.8, 4) is 18.1 Å². The molecule has 1 heterocycles. The van der Waals surface area contributed by atoms with Crippen molar-refractivity contribution in [3.05, 3.63) is 36.5 Å². The van der Waals surface area contributed by atoms with E-state index in [0.717, 1.165) is 23.1 Å². The van der Waals surface area contributed by atoms with Gasteiger partial charge in [-0.2, -0.15) is 0 Å². The van der Waals surface area contributed by atoms with E-state index in [1.165, 1.54) is 0 Å². The summed E-state index contributed by atoms with van der Waals surface area (Å²) in [5.41, 5.74) is 0.865. The zero-order valence-electron chi connectivity index (χ0n) is 10.8. The number of nitrogens with zero attached hydrogens (tertiary/aromatic N) is 1. The fourth-order valence-electron chi connectivity index (χ4n) is 1.90. The average molecular weight is 239 g/mol. The third-order valence-electron chi connectivity index (χ3n) is 2.74. The van der Waals surface area contributed by atoms with Gasteiger partial charge in [-0.1, -0.05) is 38.0 Å². The number of rotatable bonds is 4.